The number of benzene rings is 1. The van der Waals surface area contributed by atoms with Gasteiger partial charge in [0.2, 0.25) is 11.7 Å². The van der Waals surface area contributed by atoms with Crippen molar-refractivity contribution in [3.05, 3.63) is 66.2 Å². The van der Waals surface area contributed by atoms with Crippen molar-refractivity contribution >= 4 is 5.65 Å². The molecule has 1 aromatic carbocycles. The molecule has 3 heterocycles. The zero-order valence-corrected chi connectivity index (χ0v) is 11.3. The minimum absolute atomic E-state index is 0.258. The van der Waals surface area contributed by atoms with Gasteiger partial charge in [0.15, 0.2) is 5.65 Å². The van der Waals surface area contributed by atoms with Crippen LogP contribution in [0.3, 0.4) is 0 Å². The summed E-state index contributed by atoms with van der Waals surface area (Å²) in [5.74, 6) is 0.527. The van der Waals surface area contributed by atoms with Gasteiger partial charge in [0.25, 0.3) is 0 Å². The molecule has 22 heavy (non-hydrogen) atoms. The molecule has 0 fully saturated rings. The fourth-order valence-corrected chi connectivity index (χ4v) is 2.21. The second kappa shape index (κ2) is 5.03. The highest BCUT2D eigenvalue weighted by Gasteiger charge is 2.12. The van der Waals surface area contributed by atoms with Gasteiger partial charge >= 0.3 is 0 Å². The molecule has 0 unspecified atom stereocenters. The van der Waals surface area contributed by atoms with Crippen LogP contribution < -0.4 is 0 Å². The summed E-state index contributed by atoms with van der Waals surface area (Å²) >= 11 is 0. The second-order valence-corrected chi connectivity index (χ2v) is 4.79. The van der Waals surface area contributed by atoms with Crippen LogP contribution in [-0.4, -0.2) is 24.7 Å². The average molecular weight is 295 g/mol. The van der Waals surface area contributed by atoms with Crippen LogP contribution in [-0.2, 0) is 6.42 Å². The Balaban J connectivity index is 1.64. The smallest absolute Gasteiger partial charge is 0.231 e. The minimum atomic E-state index is -0.284. The normalized spacial score (nSPS) is 11.1. The Bertz CT molecular complexity index is 946. The number of hydrogen-bond acceptors (Lipinski definition) is 5. The van der Waals surface area contributed by atoms with E-state index in [4.69, 9.17) is 4.52 Å². The second-order valence-electron chi connectivity index (χ2n) is 4.79. The van der Waals surface area contributed by atoms with Crippen LogP contribution in [0.25, 0.3) is 17.0 Å². The highest BCUT2D eigenvalue weighted by atomic mass is 19.1. The molecule has 0 aliphatic carbocycles. The van der Waals surface area contributed by atoms with Gasteiger partial charge in [0.05, 0.1) is 6.42 Å². The first-order valence-corrected chi connectivity index (χ1v) is 6.65. The number of rotatable bonds is 3. The maximum absolute atomic E-state index is 13.6. The molecule has 3 aromatic heterocycles. The number of halogens is 1. The SMILES string of the molecule is Fc1ccccc1Cc1nc(-c2ccc3nncn3c2)no1. The third kappa shape index (κ3) is 2.22. The minimum Gasteiger partial charge on any atom is -0.339 e. The largest absolute Gasteiger partial charge is 0.339 e. The third-order valence-electron chi connectivity index (χ3n) is 3.32. The Morgan fingerprint density at radius 1 is 1.14 bits per heavy atom. The van der Waals surface area contributed by atoms with E-state index in [2.05, 4.69) is 20.3 Å². The summed E-state index contributed by atoms with van der Waals surface area (Å²) < 4.78 is 20.6. The van der Waals surface area contributed by atoms with Gasteiger partial charge in [0, 0.05) is 11.8 Å². The van der Waals surface area contributed by atoms with Crippen LogP contribution in [0.4, 0.5) is 4.39 Å². The number of fused-ring (bicyclic) bond motifs is 1. The maximum Gasteiger partial charge on any atom is 0.231 e. The molecule has 4 rings (SSSR count). The molecule has 0 aliphatic heterocycles. The quantitative estimate of drug-likeness (QED) is 0.581. The van der Waals surface area contributed by atoms with E-state index in [1.54, 1.807) is 28.9 Å². The van der Waals surface area contributed by atoms with Gasteiger partial charge in [-0.3, -0.25) is 4.40 Å². The van der Waals surface area contributed by atoms with E-state index in [9.17, 15) is 4.39 Å². The van der Waals surface area contributed by atoms with Crippen molar-refractivity contribution < 1.29 is 8.91 Å². The van der Waals surface area contributed by atoms with Gasteiger partial charge in [-0.25, -0.2) is 4.39 Å². The monoisotopic (exact) mass is 295 g/mol. The van der Waals surface area contributed by atoms with Crippen LogP contribution in [0.1, 0.15) is 11.5 Å². The Morgan fingerprint density at radius 3 is 2.95 bits per heavy atom. The molecule has 0 saturated heterocycles. The van der Waals surface area contributed by atoms with Crippen LogP contribution in [0.15, 0.2) is 53.4 Å². The summed E-state index contributed by atoms with van der Waals surface area (Å²) in [6.07, 6.45) is 3.67. The lowest BCUT2D eigenvalue weighted by molar-refractivity contribution is 0.384. The number of pyridine rings is 1. The zero-order chi connectivity index (χ0) is 14.9. The summed E-state index contributed by atoms with van der Waals surface area (Å²) in [4.78, 5) is 4.31. The highest BCUT2D eigenvalue weighted by molar-refractivity contribution is 5.56. The summed E-state index contributed by atoms with van der Waals surface area (Å²) in [6.45, 7) is 0. The van der Waals surface area contributed by atoms with Gasteiger partial charge in [-0.2, -0.15) is 4.98 Å². The average Bonchev–Trinajstić information content (AvgIpc) is 3.17. The molecule has 7 heteroatoms. The molecular weight excluding hydrogens is 285 g/mol. The van der Waals surface area contributed by atoms with E-state index >= 15 is 0 Å². The molecule has 0 bridgehead atoms. The summed E-state index contributed by atoms with van der Waals surface area (Å²) in [5.41, 5.74) is 2.03. The molecule has 0 N–H and O–H groups in total. The van der Waals surface area contributed by atoms with E-state index in [0.717, 1.165) is 11.2 Å². The topological polar surface area (TPSA) is 69.1 Å². The predicted molar refractivity (Wildman–Crippen MR) is 75.5 cm³/mol. The fourth-order valence-electron chi connectivity index (χ4n) is 2.21. The molecule has 0 atom stereocenters. The van der Waals surface area contributed by atoms with Gasteiger partial charge in [0.1, 0.15) is 12.1 Å². The molecule has 0 saturated carbocycles. The fraction of sp³-hybridized carbons (Fsp3) is 0.0667. The van der Waals surface area contributed by atoms with Gasteiger partial charge in [-0.1, -0.05) is 23.4 Å². The number of nitrogens with zero attached hydrogens (tertiary/aromatic N) is 5. The number of aromatic nitrogens is 5. The van der Waals surface area contributed by atoms with E-state index < -0.39 is 0 Å². The molecule has 4 aromatic rings. The molecule has 6 nitrogen and oxygen atoms in total. The van der Waals surface area contributed by atoms with Crippen molar-refractivity contribution in [2.45, 2.75) is 6.42 Å². The molecule has 0 spiro atoms. The van der Waals surface area contributed by atoms with Crippen molar-refractivity contribution in [2.75, 3.05) is 0 Å². The van der Waals surface area contributed by atoms with Crippen molar-refractivity contribution in [1.29, 1.82) is 0 Å². The Hall–Kier alpha value is -3.09. The van der Waals surface area contributed by atoms with Crippen molar-refractivity contribution in [1.82, 2.24) is 24.7 Å². The van der Waals surface area contributed by atoms with Crippen LogP contribution >= 0.6 is 0 Å². The molecule has 0 radical (unpaired) electrons. The maximum atomic E-state index is 13.6. The third-order valence-corrected chi connectivity index (χ3v) is 3.32. The van der Waals surface area contributed by atoms with Crippen LogP contribution in [0.2, 0.25) is 0 Å². The first-order valence-electron chi connectivity index (χ1n) is 6.65. The van der Waals surface area contributed by atoms with Crippen molar-refractivity contribution in [3.63, 3.8) is 0 Å². The Morgan fingerprint density at radius 2 is 2.05 bits per heavy atom. The molecular formula is C15H10FN5O. The predicted octanol–water partition coefficient (Wildman–Crippen LogP) is 2.51. The van der Waals surface area contributed by atoms with Gasteiger partial charge < -0.3 is 4.52 Å². The summed E-state index contributed by atoms with van der Waals surface area (Å²) in [6, 6.07) is 10.2. The first kappa shape index (κ1) is 12.6. The van der Waals surface area contributed by atoms with E-state index in [1.807, 2.05) is 18.3 Å². The summed E-state index contributed by atoms with van der Waals surface area (Å²) in [7, 11) is 0. The van der Waals surface area contributed by atoms with Gasteiger partial charge in [-0.15, -0.1) is 10.2 Å². The standard InChI is InChI=1S/C15H10FN5O/c16-12-4-2-1-3-10(12)7-14-18-15(20-22-14)11-5-6-13-19-17-9-21(13)8-11/h1-6,8-9H,7H2. The van der Waals surface area contributed by atoms with Crippen LogP contribution in [0, 0.1) is 5.82 Å². The lowest BCUT2D eigenvalue weighted by Crippen LogP contribution is -1.92. The Labute approximate surface area is 124 Å². The van der Waals surface area contributed by atoms with Crippen LogP contribution in [0.5, 0.6) is 0 Å². The Kier molecular flexibility index (Phi) is 2.89. The highest BCUT2D eigenvalue weighted by Crippen LogP contribution is 2.18. The lowest BCUT2D eigenvalue weighted by atomic mass is 10.1. The lowest BCUT2D eigenvalue weighted by Gasteiger charge is -1.97. The molecule has 0 aliphatic rings. The van der Waals surface area contributed by atoms with Gasteiger partial charge in [-0.05, 0) is 23.8 Å². The van der Waals surface area contributed by atoms with E-state index in [1.165, 1.54) is 6.07 Å². The number of hydrogen-bond donors (Lipinski definition) is 0. The first-order chi connectivity index (χ1) is 10.8. The van der Waals surface area contributed by atoms with Crippen molar-refractivity contribution in [2.24, 2.45) is 0 Å². The van der Waals surface area contributed by atoms with E-state index in [-0.39, 0.29) is 12.2 Å². The van der Waals surface area contributed by atoms with E-state index in [0.29, 0.717) is 17.3 Å². The molecule has 108 valence electrons. The van der Waals surface area contributed by atoms with Crippen molar-refractivity contribution in [3.8, 4) is 11.4 Å². The zero-order valence-electron chi connectivity index (χ0n) is 11.3. The summed E-state index contributed by atoms with van der Waals surface area (Å²) in [5, 5.41) is 11.7. The molecule has 0 amide bonds.